The van der Waals surface area contributed by atoms with Crippen LogP contribution in [0.5, 0.6) is 0 Å². The molecule has 19 heavy (non-hydrogen) atoms. The predicted octanol–water partition coefficient (Wildman–Crippen LogP) is 2.17. The van der Waals surface area contributed by atoms with Crippen molar-refractivity contribution in [2.24, 2.45) is 5.92 Å². The Morgan fingerprint density at radius 1 is 1.47 bits per heavy atom. The van der Waals surface area contributed by atoms with Gasteiger partial charge in [-0.05, 0) is 44.2 Å². The summed E-state index contributed by atoms with van der Waals surface area (Å²) in [5, 5.41) is 12.9. The number of aromatic nitrogens is 1. The number of aliphatic carboxylic acids is 1. The lowest BCUT2D eigenvalue weighted by Crippen LogP contribution is -2.40. The third kappa shape index (κ3) is 1.86. The molecule has 0 saturated carbocycles. The molecule has 0 aromatic carbocycles. The van der Waals surface area contributed by atoms with Crippen molar-refractivity contribution in [3.63, 3.8) is 0 Å². The molecule has 4 heteroatoms. The van der Waals surface area contributed by atoms with Crippen molar-refractivity contribution < 1.29 is 9.90 Å². The van der Waals surface area contributed by atoms with E-state index in [1.54, 1.807) is 6.20 Å². The van der Waals surface area contributed by atoms with Crippen LogP contribution in [0, 0.1) is 5.92 Å². The van der Waals surface area contributed by atoms with Crippen molar-refractivity contribution in [3.8, 4) is 0 Å². The van der Waals surface area contributed by atoms with Gasteiger partial charge in [0, 0.05) is 29.4 Å². The normalized spacial score (nSPS) is 40.5. The molecule has 4 unspecified atom stereocenters. The van der Waals surface area contributed by atoms with Crippen LogP contribution < -0.4 is 5.32 Å². The third-order valence-corrected chi connectivity index (χ3v) is 5.08. The van der Waals surface area contributed by atoms with E-state index in [0.717, 1.165) is 18.4 Å². The first-order valence-corrected chi connectivity index (χ1v) is 6.86. The van der Waals surface area contributed by atoms with E-state index in [0.29, 0.717) is 0 Å². The van der Waals surface area contributed by atoms with Crippen molar-refractivity contribution >= 4 is 5.97 Å². The van der Waals surface area contributed by atoms with Gasteiger partial charge in [0.05, 0.1) is 6.42 Å². The zero-order valence-corrected chi connectivity index (χ0v) is 11.4. The summed E-state index contributed by atoms with van der Waals surface area (Å²) in [6, 6.07) is 4.01. The second kappa shape index (κ2) is 4.04. The monoisotopic (exact) mass is 260 g/mol. The first-order chi connectivity index (χ1) is 8.95. The van der Waals surface area contributed by atoms with Crippen LogP contribution in [0.2, 0.25) is 0 Å². The Labute approximate surface area is 113 Å². The maximum absolute atomic E-state index is 11.2. The summed E-state index contributed by atoms with van der Waals surface area (Å²) in [6.07, 6.45) is 6.02. The molecule has 3 rings (SSSR count). The van der Waals surface area contributed by atoms with Gasteiger partial charge in [-0.2, -0.15) is 0 Å². The molecule has 2 aliphatic heterocycles. The Bertz CT molecular complexity index is 504. The molecule has 3 heterocycles. The zero-order valence-electron chi connectivity index (χ0n) is 11.4. The maximum atomic E-state index is 11.2. The van der Waals surface area contributed by atoms with E-state index in [1.165, 1.54) is 0 Å². The number of pyridine rings is 1. The van der Waals surface area contributed by atoms with Crippen LogP contribution in [0.15, 0.2) is 24.5 Å². The fourth-order valence-corrected chi connectivity index (χ4v) is 4.31. The average Bonchev–Trinajstić information content (AvgIpc) is 2.77. The lowest BCUT2D eigenvalue weighted by molar-refractivity contribution is -0.138. The highest BCUT2D eigenvalue weighted by Gasteiger charge is 2.61. The van der Waals surface area contributed by atoms with E-state index < -0.39 is 5.97 Å². The number of nitrogens with one attached hydrogen (secondary N) is 1. The van der Waals surface area contributed by atoms with Crippen LogP contribution in [0.25, 0.3) is 0 Å². The van der Waals surface area contributed by atoms with Gasteiger partial charge in [0.1, 0.15) is 0 Å². The van der Waals surface area contributed by atoms with Crippen LogP contribution >= 0.6 is 0 Å². The highest BCUT2D eigenvalue weighted by Crippen LogP contribution is 2.57. The van der Waals surface area contributed by atoms with Gasteiger partial charge >= 0.3 is 5.97 Å². The Kier molecular flexibility index (Phi) is 2.68. The van der Waals surface area contributed by atoms with Crippen molar-refractivity contribution in [1.82, 2.24) is 10.3 Å². The molecule has 0 amide bonds. The molecule has 0 radical (unpaired) electrons. The lowest BCUT2D eigenvalue weighted by Gasteiger charge is -2.38. The van der Waals surface area contributed by atoms with Crippen molar-refractivity contribution in [1.29, 1.82) is 0 Å². The first-order valence-electron chi connectivity index (χ1n) is 6.86. The Balaban J connectivity index is 2.02. The number of carbonyl (C=O) groups is 1. The van der Waals surface area contributed by atoms with Crippen molar-refractivity contribution in [2.45, 2.75) is 50.1 Å². The molecule has 0 aliphatic carbocycles. The van der Waals surface area contributed by atoms with Gasteiger partial charge in [0.2, 0.25) is 0 Å². The van der Waals surface area contributed by atoms with E-state index in [4.69, 9.17) is 0 Å². The van der Waals surface area contributed by atoms with Gasteiger partial charge in [-0.15, -0.1) is 0 Å². The van der Waals surface area contributed by atoms with E-state index >= 15 is 0 Å². The largest absolute Gasteiger partial charge is 0.481 e. The minimum atomic E-state index is -0.710. The molecule has 2 fully saturated rings. The molecule has 2 saturated heterocycles. The molecular formula is C15H20N2O2. The van der Waals surface area contributed by atoms with Gasteiger partial charge in [0.25, 0.3) is 0 Å². The topological polar surface area (TPSA) is 62.2 Å². The first kappa shape index (κ1) is 12.6. The van der Waals surface area contributed by atoms with E-state index in [1.807, 2.05) is 12.3 Å². The molecule has 4 nitrogen and oxygen atoms in total. The molecule has 1 aromatic heterocycles. The minimum Gasteiger partial charge on any atom is -0.481 e. The highest BCUT2D eigenvalue weighted by molar-refractivity contribution is 5.68. The molecular weight excluding hydrogens is 240 g/mol. The molecule has 0 spiro atoms. The minimum absolute atomic E-state index is 0.00208. The van der Waals surface area contributed by atoms with Crippen LogP contribution in [-0.2, 0) is 4.79 Å². The number of hydrogen-bond acceptors (Lipinski definition) is 3. The molecule has 1 aromatic rings. The summed E-state index contributed by atoms with van der Waals surface area (Å²) in [5.41, 5.74) is 1.10. The molecule has 102 valence electrons. The molecule has 2 N–H and O–H groups in total. The molecule has 2 aliphatic rings. The van der Waals surface area contributed by atoms with Crippen LogP contribution in [-0.4, -0.2) is 27.1 Å². The van der Waals surface area contributed by atoms with Crippen molar-refractivity contribution in [2.75, 3.05) is 0 Å². The molecule has 2 bridgehead atoms. The average molecular weight is 260 g/mol. The number of carboxylic acids is 1. The fraction of sp³-hybridized carbons (Fsp3) is 0.600. The summed E-state index contributed by atoms with van der Waals surface area (Å²) < 4.78 is 0. The maximum Gasteiger partial charge on any atom is 0.303 e. The van der Waals surface area contributed by atoms with Crippen LogP contribution in [0.1, 0.15) is 44.6 Å². The summed E-state index contributed by atoms with van der Waals surface area (Å²) >= 11 is 0. The van der Waals surface area contributed by atoms with Gasteiger partial charge in [-0.1, -0.05) is 6.07 Å². The summed E-state index contributed by atoms with van der Waals surface area (Å²) in [4.78, 5) is 15.4. The number of hydrogen-bond donors (Lipinski definition) is 2. The highest BCUT2D eigenvalue weighted by atomic mass is 16.4. The number of nitrogens with zero attached hydrogens (tertiary/aromatic N) is 1. The van der Waals surface area contributed by atoms with Crippen LogP contribution in [0.4, 0.5) is 0 Å². The predicted molar refractivity (Wildman–Crippen MR) is 71.9 cm³/mol. The second-order valence-corrected chi connectivity index (χ2v) is 6.43. The van der Waals surface area contributed by atoms with Crippen molar-refractivity contribution in [3.05, 3.63) is 30.1 Å². The fourth-order valence-electron chi connectivity index (χ4n) is 4.31. The Morgan fingerprint density at radius 3 is 2.84 bits per heavy atom. The summed E-state index contributed by atoms with van der Waals surface area (Å²) in [5.74, 6) is -0.345. The summed E-state index contributed by atoms with van der Waals surface area (Å²) in [6.45, 7) is 4.39. The third-order valence-electron chi connectivity index (χ3n) is 5.08. The number of carboxylic acid groups (broad SMARTS) is 1. The summed E-state index contributed by atoms with van der Waals surface area (Å²) in [7, 11) is 0. The van der Waals surface area contributed by atoms with Gasteiger partial charge in [-0.25, -0.2) is 0 Å². The standard InChI is InChI=1S/C15H20N2O2/c1-14-5-6-15(2,17-14)13(11(14)8-12(18)19)10-4-3-7-16-9-10/h3-4,7,9,11,13,17H,5-6,8H2,1-2H3,(H,18,19). The number of fused-ring (bicyclic) bond motifs is 2. The Hall–Kier alpha value is -1.42. The number of rotatable bonds is 3. The second-order valence-electron chi connectivity index (χ2n) is 6.43. The molecule has 4 atom stereocenters. The smallest absolute Gasteiger partial charge is 0.303 e. The SMILES string of the molecule is CC12CCC(C)(N1)C(c1cccnc1)C2CC(=O)O. The zero-order chi connectivity index (χ0) is 13.7. The van der Waals surface area contributed by atoms with E-state index in [9.17, 15) is 9.90 Å². The van der Waals surface area contributed by atoms with Gasteiger partial charge in [-0.3, -0.25) is 9.78 Å². The van der Waals surface area contributed by atoms with Crippen LogP contribution in [0.3, 0.4) is 0 Å². The lowest BCUT2D eigenvalue weighted by atomic mass is 9.64. The van der Waals surface area contributed by atoms with Gasteiger partial charge < -0.3 is 10.4 Å². The van der Waals surface area contributed by atoms with E-state index in [-0.39, 0.29) is 29.3 Å². The van der Waals surface area contributed by atoms with E-state index in [2.05, 4.69) is 30.2 Å². The van der Waals surface area contributed by atoms with Gasteiger partial charge in [0.15, 0.2) is 0 Å². The Morgan fingerprint density at radius 2 is 2.21 bits per heavy atom. The quantitative estimate of drug-likeness (QED) is 0.874.